The molecule has 0 spiro atoms. The van der Waals surface area contributed by atoms with E-state index in [0.717, 1.165) is 0 Å². The van der Waals surface area contributed by atoms with Crippen molar-refractivity contribution < 1.29 is 19.2 Å². The van der Waals surface area contributed by atoms with Crippen molar-refractivity contribution in [3.05, 3.63) is 51.8 Å². The smallest absolute Gasteiger partial charge is 0.324 e. The molecule has 0 bridgehead atoms. The first-order valence-corrected chi connectivity index (χ1v) is 6.85. The van der Waals surface area contributed by atoms with Crippen molar-refractivity contribution in [3.63, 3.8) is 0 Å². The van der Waals surface area contributed by atoms with E-state index in [9.17, 15) is 14.4 Å². The maximum Gasteiger partial charge on any atom is 0.368 e. The zero-order valence-corrected chi connectivity index (χ0v) is 12.2. The van der Waals surface area contributed by atoms with E-state index in [1.807, 2.05) is 0 Å². The van der Waals surface area contributed by atoms with Crippen molar-refractivity contribution >= 4 is 29.4 Å². The zero-order valence-electron chi connectivity index (χ0n) is 11.4. The van der Waals surface area contributed by atoms with Crippen LogP contribution in [0.25, 0.3) is 0 Å². The number of aryl methyl sites for hydroxylation is 1. The van der Waals surface area contributed by atoms with Gasteiger partial charge in [0.1, 0.15) is 5.56 Å². The normalized spacial score (nSPS) is 13.5. The molecule has 8 heteroatoms. The number of amides is 2. The van der Waals surface area contributed by atoms with Crippen LogP contribution < -0.4 is 0 Å². The molecule has 1 aliphatic heterocycles. The van der Waals surface area contributed by atoms with Gasteiger partial charge in [0, 0.05) is 0 Å². The first-order chi connectivity index (χ1) is 10.5. The molecular weight excluding hydrogens is 310 g/mol. The minimum atomic E-state index is -0.912. The molecule has 3 rings (SSSR count). The fourth-order valence-electron chi connectivity index (χ4n) is 2.19. The molecule has 2 aromatic rings. The van der Waals surface area contributed by atoms with E-state index in [2.05, 4.69) is 10.2 Å². The van der Waals surface area contributed by atoms with E-state index in [1.165, 1.54) is 12.1 Å². The van der Waals surface area contributed by atoms with Crippen molar-refractivity contribution in [3.8, 4) is 0 Å². The van der Waals surface area contributed by atoms with Gasteiger partial charge >= 0.3 is 5.97 Å². The number of benzene rings is 1. The third kappa shape index (κ3) is 2.06. The van der Waals surface area contributed by atoms with Crippen LogP contribution in [-0.2, 0) is 11.3 Å². The van der Waals surface area contributed by atoms with Crippen LogP contribution in [0.3, 0.4) is 0 Å². The fourth-order valence-corrected chi connectivity index (χ4v) is 2.43. The number of rotatable bonds is 3. The first kappa shape index (κ1) is 14.3. The Morgan fingerprint density at radius 2 is 1.86 bits per heavy atom. The average molecular weight is 320 g/mol. The molecule has 1 aromatic carbocycles. The van der Waals surface area contributed by atoms with Gasteiger partial charge in [-0.25, -0.2) is 4.79 Å². The summed E-state index contributed by atoms with van der Waals surface area (Å²) in [6.07, 6.45) is 0.465. The number of H-pyrrole nitrogens is 1. The molecule has 0 fully saturated rings. The summed E-state index contributed by atoms with van der Waals surface area (Å²) in [6, 6.07) is 6.23. The van der Waals surface area contributed by atoms with Gasteiger partial charge < -0.3 is 4.84 Å². The van der Waals surface area contributed by atoms with Crippen molar-refractivity contribution in [1.82, 2.24) is 15.3 Å². The van der Waals surface area contributed by atoms with Crippen LogP contribution in [0.4, 0.5) is 0 Å². The van der Waals surface area contributed by atoms with Crippen molar-refractivity contribution in [2.24, 2.45) is 0 Å². The third-order valence-corrected chi connectivity index (χ3v) is 3.56. The summed E-state index contributed by atoms with van der Waals surface area (Å²) in [4.78, 5) is 41.4. The van der Waals surface area contributed by atoms with Crippen LogP contribution in [0.1, 0.15) is 43.7 Å². The first-order valence-electron chi connectivity index (χ1n) is 6.47. The number of hydrogen-bond acceptors (Lipinski definition) is 5. The lowest BCUT2D eigenvalue weighted by Gasteiger charge is -2.12. The van der Waals surface area contributed by atoms with Gasteiger partial charge in [-0.05, 0) is 18.6 Å². The Kier molecular flexibility index (Phi) is 3.42. The minimum Gasteiger partial charge on any atom is -0.324 e. The van der Waals surface area contributed by atoms with E-state index in [-0.39, 0.29) is 21.8 Å². The Balaban J connectivity index is 1.89. The molecule has 0 atom stereocenters. The number of carbonyl (C=O) groups excluding carboxylic acids is 3. The van der Waals surface area contributed by atoms with Gasteiger partial charge in [-0.2, -0.15) is 5.10 Å². The molecule has 0 radical (unpaired) electrons. The lowest BCUT2D eigenvalue weighted by atomic mass is 10.1. The van der Waals surface area contributed by atoms with Crippen molar-refractivity contribution in [2.45, 2.75) is 13.3 Å². The molecular formula is C14H10ClN3O4. The average Bonchev–Trinajstić information content (AvgIpc) is 3.01. The summed E-state index contributed by atoms with van der Waals surface area (Å²) in [7, 11) is 0. The summed E-state index contributed by atoms with van der Waals surface area (Å²) in [5.74, 6) is -2.29. The second-order valence-corrected chi connectivity index (χ2v) is 4.91. The largest absolute Gasteiger partial charge is 0.368 e. The number of imide groups is 1. The van der Waals surface area contributed by atoms with E-state index >= 15 is 0 Å². The molecule has 7 nitrogen and oxygen atoms in total. The van der Waals surface area contributed by atoms with Crippen LogP contribution >= 0.6 is 11.6 Å². The molecule has 0 aliphatic carbocycles. The van der Waals surface area contributed by atoms with Crippen LogP contribution in [0, 0.1) is 0 Å². The van der Waals surface area contributed by atoms with E-state index < -0.39 is 17.8 Å². The lowest BCUT2D eigenvalue weighted by Crippen LogP contribution is -2.32. The highest BCUT2D eigenvalue weighted by atomic mass is 35.5. The van der Waals surface area contributed by atoms with Gasteiger partial charge in [-0.15, -0.1) is 0 Å². The Hall–Kier alpha value is -2.67. The highest BCUT2D eigenvalue weighted by Crippen LogP contribution is 2.25. The highest BCUT2D eigenvalue weighted by Gasteiger charge is 2.39. The van der Waals surface area contributed by atoms with Crippen LogP contribution in [-0.4, -0.2) is 33.0 Å². The van der Waals surface area contributed by atoms with Crippen LogP contribution in [0.5, 0.6) is 0 Å². The SMILES string of the molecule is CCc1[nH]nc(Cl)c1C(=O)ON1C(=O)c2ccccc2C1=O. The quantitative estimate of drug-likeness (QED) is 0.873. The Labute approximate surface area is 129 Å². The maximum atomic E-state index is 12.2. The Bertz CT molecular complexity index is 764. The van der Waals surface area contributed by atoms with Crippen molar-refractivity contribution in [1.29, 1.82) is 0 Å². The Morgan fingerprint density at radius 3 is 2.41 bits per heavy atom. The predicted molar refractivity (Wildman–Crippen MR) is 75.3 cm³/mol. The van der Waals surface area contributed by atoms with E-state index in [0.29, 0.717) is 17.2 Å². The number of hydrogen-bond donors (Lipinski definition) is 1. The van der Waals surface area contributed by atoms with Gasteiger partial charge in [0.05, 0.1) is 16.8 Å². The monoisotopic (exact) mass is 319 g/mol. The number of hydroxylamine groups is 2. The number of carbonyl (C=O) groups is 3. The molecule has 22 heavy (non-hydrogen) atoms. The van der Waals surface area contributed by atoms with Gasteiger partial charge in [0.2, 0.25) is 0 Å². The molecule has 0 saturated carbocycles. The molecule has 1 aliphatic rings. The molecule has 0 unspecified atom stereocenters. The van der Waals surface area contributed by atoms with E-state index in [1.54, 1.807) is 19.1 Å². The summed E-state index contributed by atoms with van der Waals surface area (Å²) in [5.41, 5.74) is 0.857. The summed E-state index contributed by atoms with van der Waals surface area (Å²) in [5, 5.41) is 6.68. The zero-order chi connectivity index (χ0) is 15.9. The molecule has 2 amide bonds. The van der Waals surface area contributed by atoms with E-state index in [4.69, 9.17) is 16.4 Å². The second kappa shape index (κ2) is 5.27. The lowest BCUT2D eigenvalue weighted by molar-refractivity contribution is -0.0585. The Morgan fingerprint density at radius 1 is 1.27 bits per heavy atom. The summed E-state index contributed by atoms with van der Waals surface area (Å²) < 4.78 is 0. The number of nitrogens with one attached hydrogen (secondary N) is 1. The number of fused-ring (bicyclic) bond motifs is 1. The molecule has 1 aromatic heterocycles. The minimum absolute atomic E-state index is 0.0146. The van der Waals surface area contributed by atoms with Gasteiger partial charge in [-0.1, -0.05) is 35.7 Å². The number of nitrogens with zero attached hydrogens (tertiary/aromatic N) is 2. The standard InChI is InChI=1S/C14H10ClN3O4/c1-2-9-10(11(15)17-16-9)14(21)22-18-12(19)7-5-3-4-6-8(7)13(18)20/h3-6H,2H2,1H3,(H,16,17). The van der Waals surface area contributed by atoms with Gasteiger partial charge in [0.25, 0.3) is 11.8 Å². The fraction of sp³-hybridized carbons (Fsp3) is 0.143. The van der Waals surface area contributed by atoms with Crippen LogP contribution in [0.2, 0.25) is 5.15 Å². The number of halogens is 1. The third-order valence-electron chi connectivity index (χ3n) is 3.29. The molecule has 2 heterocycles. The topological polar surface area (TPSA) is 92.4 Å². The summed E-state index contributed by atoms with van der Waals surface area (Å²) in [6.45, 7) is 1.79. The van der Waals surface area contributed by atoms with Crippen molar-refractivity contribution in [2.75, 3.05) is 0 Å². The number of aromatic amines is 1. The summed E-state index contributed by atoms with van der Waals surface area (Å²) >= 11 is 5.83. The maximum absolute atomic E-state index is 12.2. The van der Waals surface area contributed by atoms with Gasteiger partial charge in [-0.3, -0.25) is 14.7 Å². The van der Waals surface area contributed by atoms with Gasteiger partial charge in [0.15, 0.2) is 5.15 Å². The predicted octanol–water partition coefficient (Wildman–Crippen LogP) is 1.99. The molecule has 112 valence electrons. The van der Waals surface area contributed by atoms with Crippen LogP contribution in [0.15, 0.2) is 24.3 Å². The molecule has 0 saturated heterocycles. The number of aromatic nitrogens is 2. The second-order valence-electron chi connectivity index (χ2n) is 4.55. The molecule has 1 N–H and O–H groups in total. The highest BCUT2D eigenvalue weighted by molar-refractivity contribution is 6.32.